The molecule has 38 heavy (non-hydrogen) atoms. The fourth-order valence-corrected chi connectivity index (χ4v) is 9.94. The van der Waals surface area contributed by atoms with Crippen LogP contribution in [0.5, 0.6) is 0 Å². The minimum Gasteiger partial charge on any atom is -0.379 e. The highest BCUT2D eigenvalue weighted by molar-refractivity contribution is 7.71. The van der Waals surface area contributed by atoms with Gasteiger partial charge in [-0.1, -0.05) is 62.4 Å². The number of allylic oxidation sites excluding steroid dienone is 2. The van der Waals surface area contributed by atoms with Crippen LogP contribution in [0.3, 0.4) is 0 Å². The molecule has 0 bridgehead atoms. The number of para-hydroxylation sites is 2. The van der Waals surface area contributed by atoms with Crippen molar-refractivity contribution in [2.75, 3.05) is 43.0 Å². The average Bonchev–Trinajstić information content (AvgIpc) is 3.40. The smallest absolute Gasteiger partial charge is 0.180 e. The van der Waals surface area contributed by atoms with Crippen LogP contribution in [0, 0.1) is 13.8 Å². The molecule has 196 valence electrons. The molecule has 6 nitrogen and oxygen atoms in total. The Labute approximate surface area is 226 Å². The molecule has 1 fully saturated rings. The van der Waals surface area contributed by atoms with Crippen LogP contribution in [0.2, 0.25) is 0 Å². The number of likely N-dealkylation sites (N-methyl/N-ethyl adjacent to an activating group) is 1. The average molecular weight is 526 g/mol. The van der Waals surface area contributed by atoms with Gasteiger partial charge in [-0.3, -0.25) is 0 Å². The predicted molar refractivity (Wildman–Crippen MR) is 160 cm³/mol. The predicted octanol–water partition coefficient (Wildman–Crippen LogP) is 7.44. The van der Waals surface area contributed by atoms with E-state index in [0.29, 0.717) is 13.2 Å². The third-order valence-corrected chi connectivity index (χ3v) is 11.7. The first-order valence-electron chi connectivity index (χ1n) is 13.4. The van der Waals surface area contributed by atoms with Gasteiger partial charge in [0.15, 0.2) is 7.36 Å². The fourth-order valence-electron chi connectivity index (χ4n) is 6.07. The van der Waals surface area contributed by atoms with Crippen molar-refractivity contribution in [3.05, 3.63) is 100 Å². The van der Waals surface area contributed by atoms with Crippen molar-refractivity contribution >= 4 is 30.6 Å². The lowest BCUT2D eigenvalue weighted by atomic mass is 9.84. The van der Waals surface area contributed by atoms with Crippen molar-refractivity contribution in [3.8, 4) is 0 Å². The lowest BCUT2D eigenvalue weighted by Crippen LogP contribution is -2.38. The van der Waals surface area contributed by atoms with Gasteiger partial charge in [0.2, 0.25) is 0 Å². The summed E-state index contributed by atoms with van der Waals surface area (Å²) in [6, 6.07) is 25.7. The highest BCUT2D eigenvalue weighted by Crippen LogP contribution is 2.70. The summed E-state index contributed by atoms with van der Waals surface area (Å²) >= 11 is 0. The molecule has 3 heterocycles. The molecule has 3 aliphatic rings. The molecule has 3 aliphatic heterocycles. The van der Waals surface area contributed by atoms with Gasteiger partial charge in [0.1, 0.15) is 0 Å². The first-order valence-corrected chi connectivity index (χ1v) is 15.0. The SMILES string of the molecule is Cc1cccc(N=P2(N3CCOCC3)/C(=C3/N(C)c4ccccc4C3(C)C)C=NN2c2ccccc2)c1C. The van der Waals surface area contributed by atoms with Gasteiger partial charge in [0, 0.05) is 36.9 Å². The number of hydrazone groups is 1. The van der Waals surface area contributed by atoms with Crippen LogP contribution in [0.4, 0.5) is 17.1 Å². The Balaban J connectivity index is 1.71. The molecule has 3 aromatic rings. The molecule has 0 aliphatic carbocycles. The van der Waals surface area contributed by atoms with Gasteiger partial charge in [0.05, 0.1) is 36.1 Å². The maximum Gasteiger partial charge on any atom is 0.180 e. The second-order valence-corrected chi connectivity index (χ2v) is 13.5. The van der Waals surface area contributed by atoms with E-state index in [9.17, 15) is 0 Å². The minimum atomic E-state index is -2.60. The van der Waals surface area contributed by atoms with Gasteiger partial charge in [-0.15, -0.1) is 0 Å². The van der Waals surface area contributed by atoms with Crippen molar-refractivity contribution in [2.45, 2.75) is 33.1 Å². The molecule has 1 unspecified atom stereocenters. The maximum absolute atomic E-state index is 5.86. The van der Waals surface area contributed by atoms with Gasteiger partial charge in [-0.2, -0.15) is 5.10 Å². The zero-order valence-corrected chi connectivity index (χ0v) is 23.8. The molecule has 1 saturated heterocycles. The van der Waals surface area contributed by atoms with Crippen molar-refractivity contribution in [3.63, 3.8) is 0 Å². The number of hydrogen-bond acceptors (Lipinski definition) is 4. The van der Waals surface area contributed by atoms with Gasteiger partial charge < -0.3 is 9.64 Å². The number of fused-ring (bicyclic) bond motifs is 1. The Kier molecular flexibility index (Phi) is 6.30. The number of morpholine rings is 1. The Morgan fingerprint density at radius 1 is 0.895 bits per heavy atom. The molecule has 3 aromatic carbocycles. The topological polar surface area (TPSA) is 43.7 Å². The van der Waals surface area contributed by atoms with Gasteiger partial charge >= 0.3 is 0 Å². The third-order valence-electron chi connectivity index (χ3n) is 8.18. The molecule has 0 radical (unpaired) electrons. The zero-order valence-electron chi connectivity index (χ0n) is 22.9. The summed E-state index contributed by atoms with van der Waals surface area (Å²) in [4.78, 5) is 2.37. The summed E-state index contributed by atoms with van der Waals surface area (Å²) in [7, 11) is -0.405. The lowest BCUT2D eigenvalue weighted by Gasteiger charge is -2.43. The van der Waals surface area contributed by atoms with Crippen LogP contribution in [0.25, 0.3) is 0 Å². The highest BCUT2D eigenvalue weighted by Gasteiger charge is 2.50. The number of hydrogen-bond donors (Lipinski definition) is 0. The first-order chi connectivity index (χ1) is 18.4. The molecule has 7 heteroatoms. The van der Waals surface area contributed by atoms with E-state index in [2.05, 4.69) is 128 Å². The van der Waals surface area contributed by atoms with Gasteiger partial charge in [-0.25, -0.2) is 14.2 Å². The molecular formula is C31H36N5OP. The van der Waals surface area contributed by atoms with Crippen LogP contribution in [0.1, 0.15) is 30.5 Å². The molecule has 0 amide bonds. The Morgan fingerprint density at radius 3 is 2.34 bits per heavy atom. The summed E-state index contributed by atoms with van der Waals surface area (Å²) < 4.78 is 16.5. The summed E-state index contributed by atoms with van der Waals surface area (Å²) in [5, 5.41) is 6.38. The molecule has 0 saturated carbocycles. The normalized spacial score (nSPS) is 24.7. The largest absolute Gasteiger partial charge is 0.379 e. The van der Waals surface area contributed by atoms with E-state index in [-0.39, 0.29) is 5.41 Å². The summed E-state index contributed by atoms with van der Waals surface area (Å²) in [6.45, 7) is 12.0. The zero-order chi connectivity index (χ0) is 26.5. The van der Waals surface area contributed by atoms with E-state index in [0.717, 1.165) is 24.5 Å². The second kappa shape index (κ2) is 9.53. The van der Waals surface area contributed by atoms with E-state index in [1.807, 2.05) is 0 Å². The Morgan fingerprint density at radius 2 is 1.61 bits per heavy atom. The standard InChI is InChI=1S/C31H36N5OP/c1-23-12-11-16-27(24(23)2)33-38(35-18-20-37-21-19-35)29(22-32-36(38)25-13-7-6-8-14-25)30-31(3,4)26-15-9-10-17-28(26)34(30)5/h6-17,22H,18-21H2,1-5H3/b30-29+. The highest BCUT2D eigenvalue weighted by atomic mass is 31.2. The molecule has 0 spiro atoms. The number of benzene rings is 3. The van der Waals surface area contributed by atoms with E-state index in [4.69, 9.17) is 14.6 Å². The van der Waals surface area contributed by atoms with Crippen LogP contribution in [-0.4, -0.2) is 44.2 Å². The van der Waals surface area contributed by atoms with Crippen LogP contribution >= 0.6 is 7.36 Å². The number of aryl methyl sites for hydroxylation is 1. The van der Waals surface area contributed by atoms with Crippen molar-refractivity contribution in [1.29, 1.82) is 0 Å². The van der Waals surface area contributed by atoms with Crippen molar-refractivity contribution in [2.24, 2.45) is 9.85 Å². The number of rotatable bonds is 3. The van der Waals surface area contributed by atoms with Crippen LogP contribution < -0.4 is 9.68 Å². The molecule has 0 N–H and O–H groups in total. The van der Waals surface area contributed by atoms with Gasteiger partial charge in [-0.05, 0) is 54.8 Å². The quantitative estimate of drug-likeness (QED) is 0.333. The lowest BCUT2D eigenvalue weighted by molar-refractivity contribution is 0.0743. The monoisotopic (exact) mass is 525 g/mol. The summed E-state index contributed by atoms with van der Waals surface area (Å²) in [6.07, 6.45) is 2.10. The van der Waals surface area contributed by atoms with E-state index in [1.165, 1.54) is 33.4 Å². The fraction of sp³-hybridized carbons (Fsp3) is 0.323. The minimum absolute atomic E-state index is 0.200. The number of anilines is 2. The van der Waals surface area contributed by atoms with E-state index < -0.39 is 7.36 Å². The molecule has 1 atom stereocenters. The maximum atomic E-state index is 5.86. The number of nitrogens with zero attached hydrogens (tertiary/aromatic N) is 5. The van der Waals surface area contributed by atoms with E-state index >= 15 is 0 Å². The van der Waals surface area contributed by atoms with Crippen LogP contribution in [0.15, 0.2) is 93.7 Å². The molecular weight excluding hydrogens is 489 g/mol. The Hall–Kier alpha value is -3.18. The van der Waals surface area contributed by atoms with Gasteiger partial charge in [0.25, 0.3) is 0 Å². The summed E-state index contributed by atoms with van der Waals surface area (Å²) in [5.41, 5.74) is 8.21. The second-order valence-electron chi connectivity index (χ2n) is 10.8. The first kappa shape index (κ1) is 25.1. The number of ether oxygens (including phenoxy) is 1. The Bertz CT molecular complexity index is 1490. The molecule has 6 rings (SSSR count). The molecule has 0 aromatic heterocycles. The van der Waals surface area contributed by atoms with Crippen LogP contribution in [-0.2, 0) is 10.2 Å². The third kappa shape index (κ3) is 3.78. The summed E-state index contributed by atoms with van der Waals surface area (Å²) in [5.74, 6) is 0. The van der Waals surface area contributed by atoms with Crippen molar-refractivity contribution in [1.82, 2.24) is 4.67 Å². The van der Waals surface area contributed by atoms with E-state index in [1.54, 1.807) is 0 Å². The van der Waals surface area contributed by atoms with Crippen molar-refractivity contribution < 1.29 is 4.74 Å².